The number of ether oxygens (including phenoxy) is 1. The highest BCUT2D eigenvalue weighted by Crippen LogP contribution is 2.24. The first-order chi connectivity index (χ1) is 11.8. The van der Waals surface area contributed by atoms with E-state index < -0.39 is 5.91 Å². The van der Waals surface area contributed by atoms with Crippen molar-refractivity contribution in [1.29, 1.82) is 0 Å². The fourth-order valence-corrected chi connectivity index (χ4v) is 2.15. The van der Waals surface area contributed by atoms with E-state index in [1.807, 2.05) is 33.8 Å². The van der Waals surface area contributed by atoms with Gasteiger partial charge in [0.2, 0.25) is 0 Å². The summed E-state index contributed by atoms with van der Waals surface area (Å²) in [5.41, 5.74) is 0.737. The summed E-state index contributed by atoms with van der Waals surface area (Å²) in [6.07, 6.45) is 1.45. The highest BCUT2D eigenvalue weighted by molar-refractivity contribution is 6.05. The topological polar surface area (TPSA) is 80.3 Å². The van der Waals surface area contributed by atoms with Gasteiger partial charge in [0.15, 0.2) is 0 Å². The SMILES string of the molecule is CCOc1ccccc1NC(=O)c1cc(C(=O)NC(C)(C)C)ccn1. The van der Waals surface area contributed by atoms with Crippen LogP contribution >= 0.6 is 0 Å². The van der Waals surface area contributed by atoms with Crippen molar-refractivity contribution in [3.63, 3.8) is 0 Å². The number of aromatic nitrogens is 1. The minimum atomic E-state index is -0.405. The molecule has 0 aliphatic heterocycles. The van der Waals surface area contributed by atoms with E-state index in [1.54, 1.807) is 24.3 Å². The number of rotatable bonds is 5. The van der Waals surface area contributed by atoms with E-state index >= 15 is 0 Å². The van der Waals surface area contributed by atoms with Crippen LogP contribution < -0.4 is 15.4 Å². The lowest BCUT2D eigenvalue weighted by atomic mass is 10.1. The molecule has 2 N–H and O–H groups in total. The van der Waals surface area contributed by atoms with Gasteiger partial charge in [0.25, 0.3) is 11.8 Å². The third kappa shape index (κ3) is 5.31. The number of nitrogens with zero attached hydrogens (tertiary/aromatic N) is 1. The number of hydrogen-bond acceptors (Lipinski definition) is 4. The van der Waals surface area contributed by atoms with Gasteiger partial charge in [-0.25, -0.2) is 0 Å². The fourth-order valence-electron chi connectivity index (χ4n) is 2.15. The van der Waals surface area contributed by atoms with Gasteiger partial charge in [0.1, 0.15) is 11.4 Å². The lowest BCUT2D eigenvalue weighted by Crippen LogP contribution is -2.40. The van der Waals surface area contributed by atoms with Gasteiger partial charge in [-0.3, -0.25) is 14.6 Å². The molecule has 25 heavy (non-hydrogen) atoms. The van der Waals surface area contributed by atoms with Crippen molar-refractivity contribution < 1.29 is 14.3 Å². The lowest BCUT2D eigenvalue weighted by molar-refractivity contribution is 0.0919. The molecule has 0 spiro atoms. The molecular formula is C19H23N3O3. The molecule has 6 heteroatoms. The molecule has 132 valence electrons. The first-order valence-corrected chi connectivity index (χ1v) is 8.12. The maximum Gasteiger partial charge on any atom is 0.274 e. The predicted molar refractivity (Wildman–Crippen MR) is 97.0 cm³/mol. The first kappa shape index (κ1) is 18.4. The number of nitrogens with one attached hydrogen (secondary N) is 2. The minimum absolute atomic E-state index is 0.160. The molecule has 1 aromatic heterocycles. The average molecular weight is 341 g/mol. The van der Waals surface area contributed by atoms with Gasteiger partial charge in [-0.1, -0.05) is 12.1 Å². The second kappa shape index (κ2) is 7.79. The minimum Gasteiger partial charge on any atom is -0.492 e. The van der Waals surface area contributed by atoms with Crippen LogP contribution in [-0.4, -0.2) is 28.9 Å². The summed E-state index contributed by atoms with van der Waals surface area (Å²) in [5.74, 6) is -0.0730. The van der Waals surface area contributed by atoms with Crippen molar-refractivity contribution in [2.45, 2.75) is 33.2 Å². The van der Waals surface area contributed by atoms with E-state index in [1.165, 1.54) is 12.3 Å². The van der Waals surface area contributed by atoms with Crippen molar-refractivity contribution in [2.75, 3.05) is 11.9 Å². The van der Waals surface area contributed by atoms with Crippen LogP contribution in [0.5, 0.6) is 5.75 Å². The molecule has 2 amide bonds. The zero-order valence-electron chi connectivity index (χ0n) is 14.9. The maximum atomic E-state index is 12.5. The third-order valence-corrected chi connectivity index (χ3v) is 3.18. The Balaban J connectivity index is 2.18. The van der Waals surface area contributed by atoms with Crippen molar-refractivity contribution in [1.82, 2.24) is 10.3 Å². The van der Waals surface area contributed by atoms with E-state index in [-0.39, 0.29) is 17.1 Å². The van der Waals surface area contributed by atoms with Crippen LogP contribution in [-0.2, 0) is 0 Å². The molecule has 0 atom stereocenters. The second-order valence-electron chi connectivity index (χ2n) is 6.52. The van der Waals surface area contributed by atoms with Gasteiger partial charge >= 0.3 is 0 Å². The molecule has 1 aromatic carbocycles. The normalized spacial score (nSPS) is 10.9. The Morgan fingerprint density at radius 1 is 1.12 bits per heavy atom. The molecule has 0 radical (unpaired) electrons. The summed E-state index contributed by atoms with van der Waals surface area (Å²) >= 11 is 0. The van der Waals surface area contributed by atoms with Gasteiger partial charge in [-0.05, 0) is 52.0 Å². The predicted octanol–water partition coefficient (Wildman–Crippen LogP) is 3.26. The molecule has 1 heterocycles. The maximum absolute atomic E-state index is 12.5. The number of amides is 2. The van der Waals surface area contributed by atoms with Crippen molar-refractivity contribution in [2.24, 2.45) is 0 Å². The molecule has 0 aliphatic rings. The van der Waals surface area contributed by atoms with E-state index in [0.29, 0.717) is 23.6 Å². The van der Waals surface area contributed by atoms with E-state index in [0.717, 1.165) is 0 Å². The largest absolute Gasteiger partial charge is 0.492 e. The second-order valence-corrected chi connectivity index (χ2v) is 6.52. The summed E-state index contributed by atoms with van der Waals surface area (Å²) in [6.45, 7) is 8.05. The number of anilines is 1. The molecule has 0 fully saturated rings. The standard InChI is InChI=1S/C19H23N3O3/c1-5-25-16-9-7-6-8-14(16)21-18(24)15-12-13(10-11-20-15)17(23)22-19(2,3)4/h6-12H,5H2,1-4H3,(H,21,24)(H,22,23). The molecular weight excluding hydrogens is 318 g/mol. The Labute approximate surface area is 147 Å². The molecule has 0 saturated heterocycles. The van der Waals surface area contributed by atoms with Crippen LogP contribution in [0.4, 0.5) is 5.69 Å². The summed E-state index contributed by atoms with van der Waals surface area (Å²) in [5, 5.41) is 5.63. The van der Waals surface area contributed by atoms with Gasteiger partial charge < -0.3 is 15.4 Å². The lowest BCUT2D eigenvalue weighted by Gasteiger charge is -2.20. The van der Waals surface area contributed by atoms with Crippen LogP contribution in [0.15, 0.2) is 42.6 Å². The zero-order valence-corrected chi connectivity index (χ0v) is 14.9. The summed E-state index contributed by atoms with van der Waals surface area (Å²) < 4.78 is 5.49. The first-order valence-electron chi connectivity index (χ1n) is 8.12. The van der Waals surface area contributed by atoms with Gasteiger partial charge in [-0.15, -0.1) is 0 Å². The number of benzene rings is 1. The van der Waals surface area contributed by atoms with E-state index in [4.69, 9.17) is 4.74 Å². The van der Waals surface area contributed by atoms with Crippen molar-refractivity contribution in [3.05, 3.63) is 53.9 Å². The Bertz CT molecular complexity index is 767. The molecule has 0 saturated carbocycles. The van der Waals surface area contributed by atoms with E-state index in [9.17, 15) is 9.59 Å². The van der Waals surface area contributed by atoms with Crippen molar-refractivity contribution in [3.8, 4) is 5.75 Å². The summed E-state index contributed by atoms with van der Waals surface area (Å²) in [4.78, 5) is 28.8. The number of carbonyl (C=O) groups is 2. The van der Waals surface area contributed by atoms with Crippen LogP contribution in [0, 0.1) is 0 Å². The molecule has 2 rings (SSSR count). The van der Waals surface area contributed by atoms with Crippen molar-refractivity contribution >= 4 is 17.5 Å². The molecule has 2 aromatic rings. The molecule has 0 aliphatic carbocycles. The van der Waals surface area contributed by atoms with Gasteiger partial charge in [0.05, 0.1) is 12.3 Å². The highest BCUT2D eigenvalue weighted by Gasteiger charge is 2.17. The Morgan fingerprint density at radius 3 is 2.52 bits per heavy atom. The molecule has 6 nitrogen and oxygen atoms in total. The summed E-state index contributed by atoms with van der Waals surface area (Å²) in [6, 6.07) is 10.2. The monoisotopic (exact) mass is 341 g/mol. The third-order valence-electron chi connectivity index (χ3n) is 3.18. The number of carbonyl (C=O) groups excluding carboxylic acids is 2. The van der Waals surface area contributed by atoms with Gasteiger partial charge in [0, 0.05) is 17.3 Å². The molecule has 0 unspecified atom stereocenters. The Morgan fingerprint density at radius 2 is 1.84 bits per heavy atom. The Kier molecular flexibility index (Phi) is 5.75. The zero-order chi connectivity index (χ0) is 18.4. The average Bonchev–Trinajstić information content (AvgIpc) is 2.55. The quantitative estimate of drug-likeness (QED) is 0.875. The smallest absolute Gasteiger partial charge is 0.274 e. The summed E-state index contributed by atoms with van der Waals surface area (Å²) in [7, 11) is 0. The fraction of sp³-hybridized carbons (Fsp3) is 0.316. The Hall–Kier alpha value is -2.89. The van der Waals surface area contributed by atoms with Crippen LogP contribution in [0.1, 0.15) is 48.5 Å². The number of para-hydroxylation sites is 2. The van der Waals surface area contributed by atoms with Gasteiger partial charge in [-0.2, -0.15) is 0 Å². The van der Waals surface area contributed by atoms with Crippen LogP contribution in [0.25, 0.3) is 0 Å². The number of hydrogen-bond donors (Lipinski definition) is 2. The molecule has 0 bridgehead atoms. The number of pyridine rings is 1. The van der Waals surface area contributed by atoms with E-state index in [2.05, 4.69) is 15.6 Å². The highest BCUT2D eigenvalue weighted by atomic mass is 16.5. The van der Waals surface area contributed by atoms with Crippen LogP contribution in [0.2, 0.25) is 0 Å². The van der Waals surface area contributed by atoms with Crippen LogP contribution in [0.3, 0.4) is 0 Å².